The zero-order chi connectivity index (χ0) is 11.8. The fourth-order valence-electron chi connectivity index (χ4n) is 1.98. The monoisotopic (exact) mass is 229 g/mol. The van der Waals surface area contributed by atoms with Gasteiger partial charge < -0.3 is 9.73 Å². The quantitative estimate of drug-likeness (QED) is 0.879. The molecule has 0 spiro atoms. The summed E-state index contributed by atoms with van der Waals surface area (Å²) in [4.78, 5) is 9.24. The van der Waals surface area contributed by atoms with Crippen LogP contribution in [0.15, 0.2) is 23.0 Å². The van der Waals surface area contributed by atoms with Gasteiger partial charge in [-0.2, -0.15) is 0 Å². The van der Waals surface area contributed by atoms with Crippen molar-refractivity contribution < 1.29 is 4.42 Å². The summed E-state index contributed by atoms with van der Waals surface area (Å²) in [5.74, 6) is 2.42. The third-order valence-corrected chi connectivity index (χ3v) is 3.14. The highest BCUT2D eigenvalue weighted by molar-refractivity contribution is 5.67. The van der Waals surface area contributed by atoms with Crippen LogP contribution in [0.2, 0.25) is 0 Å². The zero-order valence-corrected chi connectivity index (χ0v) is 10.0. The molecule has 2 aromatic rings. The van der Waals surface area contributed by atoms with E-state index in [9.17, 15) is 0 Å². The van der Waals surface area contributed by atoms with E-state index in [1.54, 1.807) is 12.5 Å². The van der Waals surface area contributed by atoms with E-state index >= 15 is 0 Å². The predicted molar refractivity (Wildman–Crippen MR) is 66.0 cm³/mol. The molecule has 2 heterocycles. The molecule has 1 aliphatic carbocycles. The third-order valence-electron chi connectivity index (χ3n) is 3.14. The smallest absolute Gasteiger partial charge is 0.134 e. The van der Waals surface area contributed by atoms with Gasteiger partial charge in [-0.25, -0.2) is 9.97 Å². The Bertz CT molecular complexity index is 530. The van der Waals surface area contributed by atoms with Crippen LogP contribution in [-0.4, -0.2) is 17.0 Å². The van der Waals surface area contributed by atoms with E-state index in [0.717, 1.165) is 28.5 Å². The number of anilines is 1. The molecule has 1 aliphatic rings. The lowest BCUT2D eigenvalue weighted by Gasteiger charge is -2.10. The average molecular weight is 229 g/mol. The molecule has 0 saturated heterocycles. The Hall–Kier alpha value is -1.84. The molecule has 0 unspecified atom stereocenters. The summed E-state index contributed by atoms with van der Waals surface area (Å²) < 4.78 is 5.13. The number of nitrogens with one attached hydrogen (secondary N) is 1. The second-order valence-corrected chi connectivity index (χ2v) is 4.44. The molecule has 4 heteroatoms. The maximum atomic E-state index is 5.13. The van der Waals surface area contributed by atoms with Gasteiger partial charge >= 0.3 is 0 Å². The average Bonchev–Trinajstić information content (AvgIpc) is 3.05. The van der Waals surface area contributed by atoms with Gasteiger partial charge in [0.25, 0.3) is 0 Å². The van der Waals surface area contributed by atoms with Crippen molar-refractivity contribution in [3.63, 3.8) is 0 Å². The fraction of sp³-hybridized carbons (Fsp3) is 0.385. The van der Waals surface area contributed by atoms with Crippen LogP contribution >= 0.6 is 0 Å². The summed E-state index contributed by atoms with van der Waals surface area (Å²) in [6.07, 6.45) is 5.81. The molecular weight excluding hydrogens is 214 g/mol. The Kier molecular flexibility index (Phi) is 2.35. The lowest BCUT2D eigenvalue weighted by atomic mass is 10.1. The minimum atomic E-state index is 0.549. The maximum absolute atomic E-state index is 5.13. The van der Waals surface area contributed by atoms with Crippen LogP contribution in [0.1, 0.15) is 30.1 Å². The van der Waals surface area contributed by atoms with Crippen molar-refractivity contribution in [2.75, 3.05) is 12.4 Å². The first kappa shape index (κ1) is 10.3. The summed E-state index contributed by atoms with van der Waals surface area (Å²) in [5, 5.41) is 3.14. The van der Waals surface area contributed by atoms with Crippen LogP contribution in [0.5, 0.6) is 0 Å². The molecule has 4 nitrogen and oxygen atoms in total. The molecule has 0 aromatic carbocycles. The molecule has 0 atom stereocenters. The molecule has 88 valence electrons. The van der Waals surface area contributed by atoms with E-state index in [0.29, 0.717) is 5.92 Å². The number of hydrogen-bond donors (Lipinski definition) is 1. The minimum Gasteiger partial charge on any atom is -0.472 e. The van der Waals surface area contributed by atoms with Crippen molar-refractivity contribution in [1.29, 1.82) is 0 Å². The van der Waals surface area contributed by atoms with Crippen LogP contribution in [0.25, 0.3) is 11.3 Å². The van der Waals surface area contributed by atoms with Crippen LogP contribution in [0.3, 0.4) is 0 Å². The molecule has 0 aliphatic heterocycles. The highest BCUT2D eigenvalue weighted by atomic mass is 16.3. The number of furan rings is 1. The first-order valence-electron chi connectivity index (χ1n) is 5.88. The Balaban J connectivity index is 2.15. The summed E-state index contributed by atoms with van der Waals surface area (Å²) in [6, 6.07) is 1.94. The molecule has 1 saturated carbocycles. The third kappa shape index (κ3) is 1.79. The molecule has 0 amide bonds. The number of aromatic nitrogens is 2. The summed E-state index contributed by atoms with van der Waals surface area (Å²) in [5.41, 5.74) is 3.06. The lowest BCUT2D eigenvalue weighted by molar-refractivity contribution is 0.568. The van der Waals surface area contributed by atoms with Gasteiger partial charge in [-0.1, -0.05) is 0 Å². The van der Waals surface area contributed by atoms with Gasteiger partial charge in [0, 0.05) is 24.1 Å². The van der Waals surface area contributed by atoms with Gasteiger partial charge in [-0.15, -0.1) is 0 Å². The van der Waals surface area contributed by atoms with Crippen molar-refractivity contribution in [3.8, 4) is 11.3 Å². The lowest BCUT2D eigenvalue weighted by Crippen LogP contribution is -2.04. The fourth-order valence-corrected chi connectivity index (χ4v) is 1.98. The summed E-state index contributed by atoms with van der Waals surface area (Å²) >= 11 is 0. The minimum absolute atomic E-state index is 0.549. The molecule has 0 radical (unpaired) electrons. The van der Waals surface area contributed by atoms with Crippen LogP contribution < -0.4 is 5.32 Å². The second-order valence-electron chi connectivity index (χ2n) is 4.44. The first-order valence-corrected chi connectivity index (χ1v) is 5.88. The Morgan fingerprint density at radius 3 is 2.76 bits per heavy atom. The second kappa shape index (κ2) is 3.87. The van der Waals surface area contributed by atoms with Crippen molar-refractivity contribution in [2.24, 2.45) is 0 Å². The summed E-state index contributed by atoms with van der Waals surface area (Å²) in [7, 11) is 1.89. The molecule has 3 rings (SSSR count). The number of hydrogen-bond acceptors (Lipinski definition) is 4. The highest BCUT2D eigenvalue weighted by Gasteiger charge is 2.28. The van der Waals surface area contributed by atoms with Gasteiger partial charge in [0.2, 0.25) is 0 Å². The van der Waals surface area contributed by atoms with Gasteiger partial charge in [0.1, 0.15) is 11.6 Å². The topological polar surface area (TPSA) is 51.0 Å². The molecule has 0 bridgehead atoms. The Morgan fingerprint density at radius 2 is 2.18 bits per heavy atom. The van der Waals surface area contributed by atoms with Crippen LogP contribution in [-0.2, 0) is 0 Å². The van der Waals surface area contributed by atoms with E-state index in [1.807, 2.05) is 20.0 Å². The molecule has 1 N–H and O–H groups in total. The SMILES string of the molecule is CNc1nc(C2CC2)nc(-c2ccoc2)c1C. The van der Waals surface area contributed by atoms with E-state index < -0.39 is 0 Å². The van der Waals surface area contributed by atoms with Crippen molar-refractivity contribution in [1.82, 2.24) is 9.97 Å². The van der Waals surface area contributed by atoms with Gasteiger partial charge in [-0.05, 0) is 25.8 Å². The van der Waals surface area contributed by atoms with Crippen LogP contribution in [0.4, 0.5) is 5.82 Å². The van der Waals surface area contributed by atoms with Crippen LogP contribution in [0, 0.1) is 6.92 Å². The van der Waals surface area contributed by atoms with E-state index in [2.05, 4.69) is 15.3 Å². The molecular formula is C13H15N3O. The van der Waals surface area contributed by atoms with Crippen molar-refractivity contribution >= 4 is 5.82 Å². The first-order chi connectivity index (χ1) is 8.29. The van der Waals surface area contributed by atoms with Crippen molar-refractivity contribution in [2.45, 2.75) is 25.7 Å². The molecule has 2 aromatic heterocycles. The van der Waals surface area contributed by atoms with Gasteiger partial charge in [0.05, 0.1) is 18.2 Å². The molecule has 1 fully saturated rings. The normalized spacial score (nSPS) is 14.9. The maximum Gasteiger partial charge on any atom is 0.134 e. The van der Waals surface area contributed by atoms with E-state index in [-0.39, 0.29) is 0 Å². The highest BCUT2D eigenvalue weighted by Crippen LogP contribution is 2.40. The summed E-state index contributed by atoms with van der Waals surface area (Å²) in [6.45, 7) is 2.03. The largest absolute Gasteiger partial charge is 0.472 e. The zero-order valence-electron chi connectivity index (χ0n) is 10.0. The number of rotatable bonds is 3. The Morgan fingerprint density at radius 1 is 1.35 bits per heavy atom. The van der Waals surface area contributed by atoms with Crippen molar-refractivity contribution in [3.05, 3.63) is 30.0 Å². The Labute approximate surface area is 100 Å². The standard InChI is InChI=1S/C13H15N3O/c1-8-11(10-5-6-17-7-10)15-13(9-3-4-9)16-12(8)14-2/h5-7,9H,3-4H2,1-2H3,(H,14,15,16). The van der Waals surface area contributed by atoms with E-state index in [1.165, 1.54) is 12.8 Å². The van der Waals surface area contributed by atoms with Gasteiger partial charge in [0.15, 0.2) is 0 Å². The van der Waals surface area contributed by atoms with E-state index in [4.69, 9.17) is 4.42 Å². The number of nitrogens with zero attached hydrogens (tertiary/aromatic N) is 2. The van der Waals surface area contributed by atoms with Gasteiger partial charge in [-0.3, -0.25) is 0 Å². The molecule has 17 heavy (non-hydrogen) atoms. The predicted octanol–water partition coefficient (Wildman–Crippen LogP) is 2.96.